The van der Waals surface area contributed by atoms with Crippen molar-refractivity contribution in [1.82, 2.24) is 0 Å². The Balaban J connectivity index is 1.49. The number of nitrogens with zero attached hydrogens (tertiary/aromatic N) is 1. The smallest absolute Gasteiger partial charge is 0.0367 e. The summed E-state index contributed by atoms with van der Waals surface area (Å²) in [5, 5.41) is 3.74. The highest BCUT2D eigenvalue weighted by atomic mass is 15.1. The first-order chi connectivity index (χ1) is 10.3. The number of hydrogen-bond acceptors (Lipinski definition) is 2. The Morgan fingerprint density at radius 2 is 1.67 bits per heavy atom. The summed E-state index contributed by atoms with van der Waals surface area (Å²) in [6.45, 7) is 4.77. The summed E-state index contributed by atoms with van der Waals surface area (Å²) >= 11 is 0. The molecule has 2 heteroatoms. The first-order valence-corrected chi connectivity index (χ1v) is 8.96. The molecule has 1 aliphatic carbocycles. The number of anilines is 2. The van der Waals surface area contributed by atoms with Gasteiger partial charge in [0.2, 0.25) is 0 Å². The molecule has 0 amide bonds. The van der Waals surface area contributed by atoms with Crippen molar-refractivity contribution in [2.75, 3.05) is 23.3 Å². The summed E-state index contributed by atoms with van der Waals surface area (Å²) in [6, 6.07) is 9.81. The van der Waals surface area contributed by atoms with Crippen LogP contribution in [-0.4, -0.2) is 19.1 Å². The van der Waals surface area contributed by atoms with Crippen molar-refractivity contribution in [1.29, 1.82) is 0 Å². The molecule has 2 aliphatic rings. The summed E-state index contributed by atoms with van der Waals surface area (Å²) in [7, 11) is 0. The maximum Gasteiger partial charge on any atom is 0.0367 e. The van der Waals surface area contributed by atoms with Gasteiger partial charge < -0.3 is 10.2 Å². The molecule has 2 fully saturated rings. The minimum Gasteiger partial charge on any atom is -0.382 e. The first kappa shape index (κ1) is 14.7. The van der Waals surface area contributed by atoms with E-state index in [0.717, 1.165) is 5.92 Å². The largest absolute Gasteiger partial charge is 0.382 e. The van der Waals surface area contributed by atoms with Gasteiger partial charge in [0.25, 0.3) is 0 Å². The zero-order chi connectivity index (χ0) is 14.5. The predicted molar refractivity (Wildman–Crippen MR) is 92.2 cm³/mol. The van der Waals surface area contributed by atoms with Crippen LogP contribution in [0.25, 0.3) is 0 Å². The highest BCUT2D eigenvalue weighted by Gasteiger charge is 2.20. The molecule has 0 bridgehead atoms. The van der Waals surface area contributed by atoms with Gasteiger partial charge in [0, 0.05) is 30.5 Å². The molecule has 1 saturated heterocycles. The normalized spacial score (nSPS) is 26.0. The predicted octanol–water partition coefficient (Wildman–Crippen LogP) is 5.06. The van der Waals surface area contributed by atoms with Crippen LogP contribution in [0.2, 0.25) is 0 Å². The maximum atomic E-state index is 3.74. The third kappa shape index (κ3) is 3.93. The van der Waals surface area contributed by atoms with Crippen molar-refractivity contribution in [2.45, 2.75) is 64.3 Å². The molecule has 1 heterocycles. The lowest BCUT2D eigenvalue weighted by atomic mass is 9.83. The third-order valence-electron chi connectivity index (χ3n) is 5.25. The van der Waals surface area contributed by atoms with E-state index in [1.165, 1.54) is 75.8 Å². The van der Waals surface area contributed by atoms with Gasteiger partial charge in [-0.1, -0.05) is 19.8 Å². The van der Waals surface area contributed by atoms with E-state index in [2.05, 4.69) is 41.4 Å². The second kappa shape index (κ2) is 7.20. The average Bonchev–Trinajstić information content (AvgIpc) is 3.05. The lowest BCUT2D eigenvalue weighted by Crippen LogP contribution is -2.26. The second-order valence-electron chi connectivity index (χ2n) is 6.89. The fourth-order valence-electron chi connectivity index (χ4n) is 3.98. The Morgan fingerprint density at radius 1 is 1.00 bits per heavy atom. The van der Waals surface area contributed by atoms with Crippen LogP contribution in [0.1, 0.15) is 58.3 Å². The lowest BCUT2D eigenvalue weighted by molar-refractivity contribution is 0.319. The summed E-state index contributed by atoms with van der Waals surface area (Å²) in [5.74, 6) is 0.991. The number of benzene rings is 1. The molecule has 0 radical (unpaired) electrons. The zero-order valence-electron chi connectivity index (χ0n) is 13.5. The van der Waals surface area contributed by atoms with E-state index in [0.29, 0.717) is 6.04 Å². The van der Waals surface area contributed by atoms with Crippen LogP contribution >= 0.6 is 0 Å². The molecule has 3 rings (SSSR count). The molecule has 1 saturated carbocycles. The van der Waals surface area contributed by atoms with Crippen LogP contribution in [0.4, 0.5) is 11.4 Å². The van der Waals surface area contributed by atoms with Gasteiger partial charge in [0.05, 0.1) is 0 Å². The van der Waals surface area contributed by atoms with Crippen LogP contribution in [-0.2, 0) is 0 Å². The minimum atomic E-state index is 0.691. The fraction of sp³-hybridized carbons (Fsp3) is 0.684. The monoisotopic (exact) mass is 286 g/mol. The van der Waals surface area contributed by atoms with Crippen LogP contribution in [0.3, 0.4) is 0 Å². The molecule has 0 aromatic heterocycles. The van der Waals surface area contributed by atoms with Crippen molar-refractivity contribution in [3.8, 4) is 0 Å². The Morgan fingerprint density at radius 3 is 2.29 bits per heavy atom. The standard InChI is InChI=1S/C19H30N2/c1-2-5-16-6-8-17(9-7-16)20-18-10-12-19(13-11-18)21-14-3-4-15-21/h10-13,16-17,20H,2-9,14-15H2,1H3. The Labute approximate surface area is 129 Å². The molecule has 0 spiro atoms. The molecule has 0 unspecified atom stereocenters. The molecule has 0 atom stereocenters. The first-order valence-electron chi connectivity index (χ1n) is 8.96. The second-order valence-corrected chi connectivity index (χ2v) is 6.89. The van der Waals surface area contributed by atoms with Crippen LogP contribution in [0.15, 0.2) is 24.3 Å². The number of nitrogens with one attached hydrogen (secondary N) is 1. The molecule has 1 aromatic rings. The van der Waals surface area contributed by atoms with Gasteiger partial charge >= 0.3 is 0 Å². The van der Waals surface area contributed by atoms with Gasteiger partial charge in [0.15, 0.2) is 0 Å². The van der Waals surface area contributed by atoms with Crippen molar-refractivity contribution in [3.05, 3.63) is 24.3 Å². The summed E-state index contributed by atoms with van der Waals surface area (Å²) in [5.41, 5.74) is 2.70. The van der Waals surface area contributed by atoms with E-state index in [1.54, 1.807) is 0 Å². The van der Waals surface area contributed by atoms with Gasteiger partial charge in [-0.2, -0.15) is 0 Å². The van der Waals surface area contributed by atoms with Crippen molar-refractivity contribution < 1.29 is 0 Å². The van der Waals surface area contributed by atoms with E-state index in [1.807, 2.05) is 0 Å². The van der Waals surface area contributed by atoms with Crippen LogP contribution in [0.5, 0.6) is 0 Å². The topological polar surface area (TPSA) is 15.3 Å². The SMILES string of the molecule is CCCC1CCC(Nc2ccc(N3CCCC3)cc2)CC1. The Hall–Kier alpha value is -1.18. The maximum absolute atomic E-state index is 3.74. The summed E-state index contributed by atoms with van der Waals surface area (Å²) < 4.78 is 0. The zero-order valence-corrected chi connectivity index (χ0v) is 13.5. The molecule has 21 heavy (non-hydrogen) atoms. The van der Waals surface area contributed by atoms with Gasteiger partial charge in [0.1, 0.15) is 0 Å². The van der Waals surface area contributed by atoms with E-state index >= 15 is 0 Å². The lowest BCUT2D eigenvalue weighted by Gasteiger charge is -2.29. The molecule has 1 aromatic carbocycles. The number of rotatable bonds is 5. The van der Waals surface area contributed by atoms with Gasteiger partial charge in [-0.15, -0.1) is 0 Å². The summed E-state index contributed by atoms with van der Waals surface area (Å²) in [4.78, 5) is 2.50. The van der Waals surface area contributed by atoms with Crippen molar-refractivity contribution >= 4 is 11.4 Å². The van der Waals surface area contributed by atoms with Crippen molar-refractivity contribution in [2.24, 2.45) is 5.92 Å². The molecule has 116 valence electrons. The van der Waals surface area contributed by atoms with E-state index in [-0.39, 0.29) is 0 Å². The Kier molecular flexibility index (Phi) is 5.05. The van der Waals surface area contributed by atoms with E-state index < -0.39 is 0 Å². The van der Waals surface area contributed by atoms with Gasteiger partial charge in [-0.05, 0) is 68.7 Å². The summed E-state index contributed by atoms with van der Waals surface area (Å²) in [6.07, 6.45) is 11.0. The highest BCUT2D eigenvalue weighted by Crippen LogP contribution is 2.30. The molecular weight excluding hydrogens is 256 g/mol. The van der Waals surface area contributed by atoms with Crippen molar-refractivity contribution in [3.63, 3.8) is 0 Å². The quantitative estimate of drug-likeness (QED) is 0.814. The molecule has 1 aliphatic heterocycles. The van der Waals surface area contributed by atoms with Crippen LogP contribution < -0.4 is 10.2 Å². The molecule has 2 nitrogen and oxygen atoms in total. The average molecular weight is 286 g/mol. The van der Waals surface area contributed by atoms with Crippen LogP contribution in [0, 0.1) is 5.92 Å². The van der Waals surface area contributed by atoms with E-state index in [9.17, 15) is 0 Å². The van der Waals surface area contributed by atoms with Gasteiger partial charge in [-0.25, -0.2) is 0 Å². The molecular formula is C19H30N2. The van der Waals surface area contributed by atoms with Gasteiger partial charge in [-0.3, -0.25) is 0 Å². The fourth-order valence-corrected chi connectivity index (χ4v) is 3.98. The number of hydrogen-bond donors (Lipinski definition) is 1. The van der Waals surface area contributed by atoms with E-state index in [4.69, 9.17) is 0 Å². The Bertz CT molecular complexity index is 412. The molecule has 1 N–H and O–H groups in total. The minimum absolute atomic E-state index is 0.691. The third-order valence-corrected chi connectivity index (χ3v) is 5.25. The highest BCUT2D eigenvalue weighted by molar-refractivity contribution is 5.55.